The number of carbonyl (C=O) groups is 2. The average Bonchev–Trinajstić information content (AvgIpc) is 3.74. The van der Waals surface area contributed by atoms with Gasteiger partial charge in [0.1, 0.15) is 30.3 Å². The zero-order valence-electron chi connectivity index (χ0n) is 23.6. The lowest BCUT2D eigenvalue weighted by molar-refractivity contribution is -0.142. The number of carbonyl (C=O) groups excluding carboxylic acids is 2. The fourth-order valence-electron chi connectivity index (χ4n) is 6.15. The van der Waals surface area contributed by atoms with E-state index < -0.39 is 5.41 Å². The molecular weight excluding hydrogens is 518 g/mol. The van der Waals surface area contributed by atoms with Gasteiger partial charge in [-0.1, -0.05) is 43.2 Å². The highest BCUT2D eigenvalue weighted by Gasteiger charge is 2.41. The van der Waals surface area contributed by atoms with Gasteiger partial charge in [-0.2, -0.15) is 0 Å². The molecule has 3 aromatic rings. The van der Waals surface area contributed by atoms with Gasteiger partial charge >= 0.3 is 0 Å². The first kappa shape index (κ1) is 27.3. The van der Waals surface area contributed by atoms with E-state index in [9.17, 15) is 9.59 Å². The van der Waals surface area contributed by atoms with Gasteiger partial charge in [-0.25, -0.2) is 0 Å². The number of rotatable bonds is 5. The highest BCUT2D eigenvalue weighted by molar-refractivity contribution is 5.83. The fraction of sp³-hybridized carbons (Fsp3) is 0.500. The Morgan fingerprint density at radius 3 is 2.68 bits per heavy atom. The molecule has 1 saturated carbocycles. The third-order valence-electron chi connectivity index (χ3n) is 8.77. The number of aromatic nitrogens is 3. The first-order chi connectivity index (χ1) is 20.1. The maximum Gasteiger partial charge on any atom is 0.260 e. The molecule has 1 aromatic heterocycles. The number of aryl methyl sites for hydroxylation is 1. The van der Waals surface area contributed by atoms with Crippen LogP contribution in [0.2, 0.25) is 0 Å². The predicted molar refractivity (Wildman–Crippen MR) is 154 cm³/mol. The van der Waals surface area contributed by atoms with E-state index in [1.54, 1.807) is 6.33 Å². The lowest BCUT2D eigenvalue weighted by Gasteiger charge is -2.41. The largest absolute Gasteiger partial charge is 0.491 e. The lowest BCUT2D eigenvalue weighted by Crippen LogP contribution is -2.51. The molecule has 9 nitrogen and oxygen atoms in total. The van der Waals surface area contributed by atoms with Crippen LogP contribution in [0.3, 0.4) is 0 Å². The predicted octanol–water partition coefficient (Wildman–Crippen LogP) is 4.44. The Labute approximate surface area is 241 Å². The highest BCUT2D eigenvalue weighted by Crippen LogP contribution is 2.41. The van der Waals surface area contributed by atoms with Crippen molar-refractivity contribution in [2.75, 3.05) is 32.8 Å². The standard InChI is InChI=1S/C32H39N5O4/c38-29(22-41-28-12-6-4-10-26(28)37-23-34-35-30(37)25-13-14-25)36-19-16-32(17-20-36)15-7-1-2-8-24-9-3-5-11-27(24)40-21-18-33-31(32)39/h3-6,9-12,23,25H,1-2,7-8,13-22H2,(H,33,39). The van der Waals surface area contributed by atoms with E-state index in [0.29, 0.717) is 50.8 Å². The Bertz CT molecular complexity index is 1360. The number of benzene rings is 2. The molecule has 6 rings (SSSR count). The van der Waals surface area contributed by atoms with Crippen molar-refractivity contribution in [3.63, 3.8) is 0 Å². The first-order valence-corrected chi connectivity index (χ1v) is 15.0. The topological polar surface area (TPSA) is 98.6 Å². The molecule has 2 aliphatic heterocycles. The minimum absolute atomic E-state index is 0.0466. The molecule has 0 atom stereocenters. The van der Waals surface area contributed by atoms with E-state index in [2.05, 4.69) is 27.6 Å². The van der Waals surface area contributed by atoms with Crippen molar-refractivity contribution in [1.82, 2.24) is 25.0 Å². The third kappa shape index (κ3) is 6.24. The Morgan fingerprint density at radius 2 is 1.83 bits per heavy atom. The molecule has 3 heterocycles. The number of amides is 2. The molecule has 0 radical (unpaired) electrons. The fourth-order valence-corrected chi connectivity index (χ4v) is 6.15. The van der Waals surface area contributed by atoms with Crippen molar-refractivity contribution in [3.05, 3.63) is 66.2 Å². The molecule has 2 fully saturated rings. The van der Waals surface area contributed by atoms with E-state index in [1.165, 1.54) is 5.56 Å². The molecule has 1 aliphatic carbocycles. The van der Waals surface area contributed by atoms with Gasteiger partial charge in [0.05, 0.1) is 17.6 Å². The van der Waals surface area contributed by atoms with Crippen molar-refractivity contribution in [3.8, 4) is 17.2 Å². The zero-order valence-corrected chi connectivity index (χ0v) is 23.6. The Morgan fingerprint density at radius 1 is 1.02 bits per heavy atom. The van der Waals surface area contributed by atoms with Gasteiger partial charge in [0.25, 0.3) is 5.91 Å². The summed E-state index contributed by atoms with van der Waals surface area (Å²) in [6.07, 6.45) is 10.2. The van der Waals surface area contributed by atoms with Crippen molar-refractivity contribution in [2.45, 2.75) is 63.7 Å². The molecule has 41 heavy (non-hydrogen) atoms. The summed E-state index contributed by atoms with van der Waals surface area (Å²) in [6.45, 7) is 1.97. The maximum atomic E-state index is 13.4. The number of nitrogens with zero attached hydrogens (tertiary/aromatic N) is 4. The van der Waals surface area contributed by atoms with Crippen LogP contribution in [0.25, 0.3) is 5.69 Å². The summed E-state index contributed by atoms with van der Waals surface area (Å²) in [5.41, 5.74) is 1.63. The van der Waals surface area contributed by atoms with Gasteiger partial charge in [-0.15, -0.1) is 10.2 Å². The van der Waals surface area contributed by atoms with Crippen molar-refractivity contribution < 1.29 is 19.1 Å². The van der Waals surface area contributed by atoms with E-state index in [1.807, 2.05) is 45.9 Å². The second-order valence-electron chi connectivity index (χ2n) is 11.5. The molecule has 0 bridgehead atoms. The van der Waals surface area contributed by atoms with Crippen LogP contribution in [-0.4, -0.2) is 64.3 Å². The van der Waals surface area contributed by atoms with Crippen LogP contribution >= 0.6 is 0 Å². The number of fused-ring (bicyclic) bond motifs is 1. The highest BCUT2D eigenvalue weighted by atomic mass is 16.5. The number of piperidine rings is 1. The van der Waals surface area contributed by atoms with Crippen molar-refractivity contribution in [2.24, 2.45) is 5.41 Å². The van der Waals surface area contributed by atoms with Gasteiger partial charge in [-0.05, 0) is 68.7 Å². The van der Waals surface area contributed by atoms with Crippen LogP contribution in [0.5, 0.6) is 11.5 Å². The number of para-hydroxylation sites is 3. The SMILES string of the molecule is O=C(COc1ccccc1-n1cnnc1C1CC1)N1CCC2(CCCCCc3ccccc3OCCNC2=O)CC1. The molecule has 1 saturated heterocycles. The van der Waals surface area contributed by atoms with Crippen LogP contribution < -0.4 is 14.8 Å². The van der Waals surface area contributed by atoms with E-state index >= 15 is 0 Å². The van der Waals surface area contributed by atoms with Crippen LogP contribution in [-0.2, 0) is 16.0 Å². The van der Waals surface area contributed by atoms with Crippen LogP contribution in [0.15, 0.2) is 54.9 Å². The molecule has 2 aromatic carbocycles. The zero-order chi connectivity index (χ0) is 28.1. The van der Waals surface area contributed by atoms with Crippen molar-refractivity contribution in [1.29, 1.82) is 0 Å². The summed E-state index contributed by atoms with van der Waals surface area (Å²) in [5, 5.41) is 11.5. The summed E-state index contributed by atoms with van der Waals surface area (Å²) in [6, 6.07) is 15.9. The Kier molecular flexibility index (Phi) is 8.21. The third-order valence-corrected chi connectivity index (χ3v) is 8.77. The normalized spacial score (nSPS) is 19.6. The van der Waals surface area contributed by atoms with Gasteiger partial charge in [0.2, 0.25) is 5.91 Å². The summed E-state index contributed by atoms with van der Waals surface area (Å²) in [5.74, 6) is 2.96. The Hall–Kier alpha value is -3.88. The summed E-state index contributed by atoms with van der Waals surface area (Å²) < 4.78 is 14.0. The number of hydrogen-bond acceptors (Lipinski definition) is 6. The summed E-state index contributed by atoms with van der Waals surface area (Å²) >= 11 is 0. The van der Waals surface area contributed by atoms with E-state index in [-0.39, 0.29) is 18.4 Å². The molecular formula is C32H39N5O4. The van der Waals surface area contributed by atoms with E-state index in [4.69, 9.17) is 9.47 Å². The maximum absolute atomic E-state index is 13.4. The second kappa shape index (κ2) is 12.3. The van der Waals surface area contributed by atoms with Gasteiger partial charge in [0.15, 0.2) is 6.61 Å². The van der Waals surface area contributed by atoms with Crippen molar-refractivity contribution >= 4 is 11.8 Å². The molecule has 0 unspecified atom stereocenters. The van der Waals surface area contributed by atoms with E-state index in [0.717, 1.165) is 62.2 Å². The molecule has 9 heteroatoms. The first-order valence-electron chi connectivity index (χ1n) is 15.0. The molecule has 3 aliphatic rings. The molecule has 2 amide bonds. The number of hydrogen-bond donors (Lipinski definition) is 1. The number of nitrogens with one attached hydrogen (secondary N) is 1. The summed E-state index contributed by atoms with van der Waals surface area (Å²) in [7, 11) is 0. The second-order valence-corrected chi connectivity index (χ2v) is 11.5. The van der Waals surface area contributed by atoms with Crippen LogP contribution in [0.4, 0.5) is 0 Å². The summed E-state index contributed by atoms with van der Waals surface area (Å²) in [4.78, 5) is 28.5. The van der Waals surface area contributed by atoms with Crippen LogP contribution in [0, 0.1) is 5.41 Å². The quantitative estimate of drug-likeness (QED) is 0.498. The molecule has 1 spiro atoms. The number of ether oxygens (including phenoxy) is 2. The molecule has 1 N–H and O–H groups in total. The van der Waals surface area contributed by atoms with Crippen LogP contribution in [0.1, 0.15) is 68.7 Å². The lowest BCUT2D eigenvalue weighted by atomic mass is 9.73. The van der Waals surface area contributed by atoms with Gasteiger partial charge in [-0.3, -0.25) is 14.2 Å². The average molecular weight is 558 g/mol. The smallest absolute Gasteiger partial charge is 0.260 e. The minimum atomic E-state index is -0.446. The van der Waals surface area contributed by atoms with Gasteiger partial charge < -0.3 is 19.7 Å². The molecule has 216 valence electrons. The van der Waals surface area contributed by atoms with Gasteiger partial charge in [0, 0.05) is 19.0 Å². The number of likely N-dealkylation sites (tertiary alicyclic amines) is 1. The minimum Gasteiger partial charge on any atom is -0.491 e. The Balaban J connectivity index is 1.05. The monoisotopic (exact) mass is 557 g/mol.